The highest BCUT2D eigenvalue weighted by Gasteiger charge is 2.28. The number of H-pyrrole nitrogens is 1. The average Bonchev–Trinajstić information content (AvgIpc) is 3.16. The lowest BCUT2D eigenvalue weighted by molar-refractivity contribution is -0.125. The van der Waals surface area contributed by atoms with Gasteiger partial charge in [-0.25, -0.2) is 0 Å². The summed E-state index contributed by atoms with van der Waals surface area (Å²) in [5.74, 6) is 0.221. The van der Waals surface area contributed by atoms with Crippen LogP contribution in [0.3, 0.4) is 0 Å². The number of nitrogen functional groups attached to an aromatic ring is 1. The van der Waals surface area contributed by atoms with Crippen molar-refractivity contribution in [3.05, 3.63) is 52.8 Å². The molecule has 5 nitrogen and oxygen atoms in total. The summed E-state index contributed by atoms with van der Waals surface area (Å²) in [6, 6.07) is 7.53. The van der Waals surface area contributed by atoms with Crippen molar-refractivity contribution in [2.75, 3.05) is 18.8 Å². The summed E-state index contributed by atoms with van der Waals surface area (Å²) in [5, 5.41) is 7.54. The second-order valence-corrected chi connectivity index (χ2v) is 6.22. The Morgan fingerprint density at radius 2 is 2.26 bits per heavy atom. The molecule has 1 atom stereocenters. The topological polar surface area (TPSA) is 75.0 Å². The second-order valence-electron chi connectivity index (χ2n) is 5.82. The van der Waals surface area contributed by atoms with Gasteiger partial charge in [0, 0.05) is 30.1 Å². The molecule has 1 aliphatic rings. The summed E-state index contributed by atoms with van der Waals surface area (Å²) in [6.07, 6.45) is 4.15. The van der Waals surface area contributed by atoms with Crippen molar-refractivity contribution in [3.63, 3.8) is 0 Å². The van der Waals surface area contributed by atoms with E-state index in [1.165, 1.54) is 0 Å². The Kier molecular flexibility index (Phi) is 4.39. The maximum Gasteiger partial charge on any atom is 0.246 e. The van der Waals surface area contributed by atoms with Gasteiger partial charge in [-0.2, -0.15) is 5.10 Å². The van der Waals surface area contributed by atoms with Crippen LogP contribution in [-0.4, -0.2) is 34.1 Å². The first kappa shape index (κ1) is 15.6. The van der Waals surface area contributed by atoms with Crippen molar-refractivity contribution >= 4 is 28.8 Å². The molecule has 6 heteroatoms. The fraction of sp³-hybridized carbons (Fsp3) is 0.294. The number of halogens is 1. The lowest BCUT2D eigenvalue weighted by Crippen LogP contribution is -2.27. The van der Waals surface area contributed by atoms with Crippen LogP contribution in [-0.2, 0) is 4.79 Å². The van der Waals surface area contributed by atoms with Crippen LogP contribution in [0.2, 0.25) is 5.02 Å². The van der Waals surface area contributed by atoms with E-state index in [0.717, 1.165) is 23.3 Å². The number of nitrogens with one attached hydrogen (secondary N) is 1. The maximum absolute atomic E-state index is 12.5. The summed E-state index contributed by atoms with van der Waals surface area (Å²) in [6.45, 7) is 3.27. The first-order chi connectivity index (χ1) is 11.1. The monoisotopic (exact) mass is 330 g/mol. The molecule has 23 heavy (non-hydrogen) atoms. The van der Waals surface area contributed by atoms with Crippen molar-refractivity contribution in [3.8, 4) is 0 Å². The third-order valence-electron chi connectivity index (χ3n) is 4.25. The van der Waals surface area contributed by atoms with Crippen LogP contribution in [0.15, 0.2) is 36.5 Å². The van der Waals surface area contributed by atoms with Crippen molar-refractivity contribution in [2.24, 2.45) is 0 Å². The Hall–Kier alpha value is -2.27. The summed E-state index contributed by atoms with van der Waals surface area (Å²) < 4.78 is 0. The van der Waals surface area contributed by atoms with Gasteiger partial charge in [-0.05, 0) is 30.5 Å². The molecule has 0 saturated carbocycles. The van der Waals surface area contributed by atoms with E-state index >= 15 is 0 Å². The summed E-state index contributed by atoms with van der Waals surface area (Å²) >= 11 is 6.18. The summed E-state index contributed by atoms with van der Waals surface area (Å²) in [7, 11) is 0. The Labute approximate surface area is 140 Å². The van der Waals surface area contributed by atoms with Crippen LogP contribution in [0.25, 0.3) is 5.57 Å². The molecule has 0 spiro atoms. The maximum atomic E-state index is 12.5. The Balaban J connectivity index is 1.71. The predicted molar refractivity (Wildman–Crippen MR) is 92.0 cm³/mol. The number of aromatic amines is 1. The zero-order chi connectivity index (χ0) is 16.4. The van der Waals surface area contributed by atoms with E-state index in [2.05, 4.69) is 10.2 Å². The van der Waals surface area contributed by atoms with E-state index in [4.69, 9.17) is 17.3 Å². The van der Waals surface area contributed by atoms with Crippen LogP contribution in [0, 0.1) is 0 Å². The molecule has 0 aliphatic carbocycles. The number of aromatic nitrogens is 2. The van der Waals surface area contributed by atoms with E-state index in [1.54, 1.807) is 12.3 Å². The number of hydrogen-bond acceptors (Lipinski definition) is 3. The van der Waals surface area contributed by atoms with Crippen molar-refractivity contribution in [1.29, 1.82) is 0 Å². The number of nitrogens with zero attached hydrogens (tertiary/aromatic N) is 2. The first-order valence-corrected chi connectivity index (χ1v) is 7.95. The van der Waals surface area contributed by atoms with Crippen molar-refractivity contribution in [1.82, 2.24) is 15.1 Å². The number of anilines is 1. The van der Waals surface area contributed by atoms with Gasteiger partial charge < -0.3 is 10.6 Å². The van der Waals surface area contributed by atoms with E-state index < -0.39 is 0 Å². The van der Waals surface area contributed by atoms with Gasteiger partial charge in [0.1, 0.15) is 0 Å². The third kappa shape index (κ3) is 3.24. The fourth-order valence-electron chi connectivity index (χ4n) is 2.96. The van der Waals surface area contributed by atoms with Gasteiger partial charge in [-0.1, -0.05) is 29.8 Å². The first-order valence-electron chi connectivity index (χ1n) is 7.57. The molecule has 2 aromatic rings. The largest absolute Gasteiger partial charge is 0.396 e. The van der Waals surface area contributed by atoms with Gasteiger partial charge in [0.05, 0.1) is 17.6 Å². The summed E-state index contributed by atoms with van der Waals surface area (Å²) in [4.78, 5) is 14.3. The minimum absolute atomic E-state index is 0.00278. The highest BCUT2D eigenvalue weighted by molar-refractivity contribution is 6.32. The van der Waals surface area contributed by atoms with Crippen molar-refractivity contribution in [2.45, 2.75) is 19.3 Å². The second kappa shape index (κ2) is 6.46. The van der Waals surface area contributed by atoms with Crippen LogP contribution in [0.5, 0.6) is 0 Å². The number of nitrogens with two attached hydrogens (primary N) is 1. The quantitative estimate of drug-likeness (QED) is 0.849. The number of amides is 1. The van der Waals surface area contributed by atoms with Gasteiger partial charge in [0.25, 0.3) is 0 Å². The Morgan fingerprint density at radius 3 is 2.96 bits per heavy atom. The molecule has 1 aromatic heterocycles. The van der Waals surface area contributed by atoms with E-state index in [9.17, 15) is 4.79 Å². The number of carbonyl (C=O) groups excluding carboxylic acids is 1. The lowest BCUT2D eigenvalue weighted by atomic mass is 10.0. The van der Waals surface area contributed by atoms with Gasteiger partial charge in [-0.3, -0.25) is 9.89 Å². The number of rotatable bonds is 3. The van der Waals surface area contributed by atoms with Crippen LogP contribution in [0.1, 0.15) is 30.5 Å². The van der Waals surface area contributed by atoms with E-state index in [-0.39, 0.29) is 11.8 Å². The molecule has 3 N–H and O–H groups in total. The molecular formula is C17H19ClN4O. The molecule has 0 bridgehead atoms. The zero-order valence-corrected chi connectivity index (χ0v) is 13.7. The zero-order valence-electron chi connectivity index (χ0n) is 12.9. The predicted octanol–water partition coefficient (Wildman–Crippen LogP) is 3.06. The molecular weight excluding hydrogens is 312 g/mol. The smallest absolute Gasteiger partial charge is 0.246 e. The number of hydrogen-bond donors (Lipinski definition) is 2. The average molecular weight is 331 g/mol. The standard InChI is InChI=1S/C17H19ClN4O/c1-11(13-4-2-3-5-14(13)18)8-16(23)22-7-6-12(10-22)17-15(19)9-20-21-17/h2-5,8-9,12H,6-7,10,19H2,1H3,(H,20,21)/b11-8+. The highest BCUT2D eigenvalue weighted by atomic mass is 35.5. The fourth-order valence-corrected chi connectivity index (χ4v) is 3.25. The van der Waals surface area contributed by atoms with E-state index in [0.29, 0.717) is 23.8 Å². The van der Waals surface area contributed by atoms with Gasteiger partial charge >= 0.3 is 0 Å². The SMILES string of the molecule is C/C(=C\C(=O)N1CCC(c2[nH]ncc2N)C1)c1ccccc1Cl. The molecule has 1 saturated heterocycles. The highest BCUT2D eigenvalue weighted by Crippen LogP contribution is 2.30. The van der Waals surface area contributed by atoms with Crippen LogP contribution >= 0.6 is 11.6 Å². The molecule has 1 unspecified atom stereocenters. The molecule has 3 rings (SSSR count). The third-order valence-corrected chi connectivity index (χ3v) is 4.58. The van der Waals surface area contributed by atoms with Crippen LogP contribution < -0.4 is 5.73 Å². The number of allylic oxidation sites excluding steroid dienone is 1. The number of benzene rings is 1. The molecule has 1 fully saturated rings. The molecule has 2 heterocycles. The number of carbonyl (C=O) groups is 1. The van der Waals surface area contributed by atoms with Gasteiger partial charge in [-0.15, -0.1) is 0 Å². The molecule has 1 aliphatic heterocycles. The number of likely N-dealkylation sites (tertiary alicyclic amines) is 1. The Bertz CT molecular complexity index is 753. The normalized spacial score (nSPS) is 18.4. The van der Waals surface area contributed by atoms with Gasteiger partial charge in [0.15, 0.2) is 0 Å². The molecule has 0 radical (unpaired) electrons. The van der Waals surface area contributed by atoms with Gasteiger partial charge in [0.2, 0.25) is 5.91 Å². The molecule has 1 aromatic carbocycles. The van der Waals surface area contributed by atoms with E-state index in [1.807, 2.05) is 36.1 Å². The van der Waals surface area contributed by atoms with Crippen LogP contribution in [0.4, 0.5) is 5.69 Å². The van der Waals surface area contributed by atoms with Crippen molar-refractivity contribution < 1.29 is 4.79 Å². The Morgan fingerprint density at radius 1 is 1.48 bits per heavy atom. The molecule has 120 valence electrons. The minimum Gasteiger partial charge on any atom is -0.396 e. The minimum atomic E-state index is 0.00278. The summed E-state index contributed by atoms with van der Waals surface area (Å²) in [5.41, 5.74) is 9.23. The lowest BCUT2D eigenvalue weighted by Gasteiger charge is -2.15. The molecule has 1 amide bonds.